The third-order valence-electron chi connectivity index (χ3n) is 0.894. The second kappa shape index (κ2) is 2.74. The van der Waals surface area contributed by atoms with E-state index in [0.29, 0.717) is 4.99 Å². The topological polar surface area (TPSA) is 40.7 Å². The average molecular weight is 159 g/mol. The number of H-pyrrole nitrogens is 1. The van der Waals surface area contributed by atoms with Crippen LogP contribution in [0.2, 0.25) is 0 Å². The number of anilines is 1. The molecule has 0 radical (unpaired) electrons. The Balaban J connectivity index is 2.74. The number of thiocarbonyl (C=S) groups is 1. The molecule has 5 heteroatoms. The molecule has 0 bridgehead atoms. The zero-order valence-corrected chi connectivity index (χ0v) is 6.13. The van der Waals surface area contributed by atoms with Gasteiger partial charge in [-0.3, -0.25) is 5.10 Å². The number of rotatable bonds is 1. The Morgan fingerprint density at radius 1 is 1.90 bits per heavy atom. The lowest BCUT2D eigenvalue weighted by Gasteiger charge is -1.97. The Labute approximate surface area is 62.6 Å². The van der Waals surface area contributed by atoms with E-state index in [0.717, 1.165) is 6.20 Å². The molecule has 0 aliphatic carbocycles. The SMILES string of the molecule is CC(=S)Nc1[nH]ncc1F. The second-order valence-corrected chi connectivity index (χ2v) is 2.39. The Morgan fingerprint density at radius 2 is 2.60 bits per heavy atom. The molecule has 3 nitrogen and oxygen atoms in total. The van der Waals surface area contributed by atoms with Crippen molar-refractivity contribution in [2.24, 2.45) is 0 Å². The lowest BCUT2D eigenvalue weighted by atomic mass is 10.6. The van der Waals surface area contributed by atoms with Crippen LogP contribution in [0.5, 0.6) is 0 Å². The van der Waals surface area contributed by atoms with Crippen LogP contribution in [-0.2, 0) is 0 Å². The molecule has 1 aromatic rings. The van der Waals surface area contributed by atoms with Crippen molar-refractivity contribution in [1.29, 1.82) is 0 Å². The molecule has 54 valence electrons. The predicted molar refractivity (Wildman–Crippen MR) is 40.4 cm³/mol. The van der Waals surface area contributed by atoms with Crippen LogP contribution in [0.3, 0.4) is 0 Å². The zero-order valence-electron chi connectivity index (χ0n) is 5.31. The van der Waals surface area contributed by atoms with Crippen LogP contribution in [0.4, 0.5) is 10.2 Å². The summed E-state index contributed by atoms with van der Waals surface area (Å²) < 4.78 is 12.5. The van der Waals surface area contributed by atoms with E-state index in [4.69, 9.17) is 0 Å². The van der Waals surface area contributed by atoms with Crippen LogP contribution in [0, 0.1) is 5.82 Å². The first-order valence-electron chi connectivity index (χ1n) is 2.66. The standard InChI is InChI=1S/C5H6FN3S/c1-3(10)8-5-4(6)2-7-9-5/h2H,1H3,(H2,7,8,9,10). The quantitative estimate of drug-likeness (QED) is 0.607. The highest BCUT2D eigenvalue weighted by molar-refractivity contribution is 7.80. The summed E-state index contributed by atoms with van der Waals surface area (Å²) in [6, 6.07) is 0. The summed E-state index contributed by atoms with van der Waals surface area (Å²) in [7, 11) is 0. The number of aromatic nitrogens is 2. The summed E-state index contributed by atoms with van der Waals surface area (Å²) in [5.41, 5.74) is 0. The maximum Gasteiger partial charge on any atom is 0.185 e. The van der Waals surface area contributed by atoms with Gasteiger partial charge in [0.25, 0.3) is 0 Å². The highest BCUT2D eigenvalue weighted by atomic mass is 32.1. The molecule has 1 rings (SSSR count). The fourth-order valence-corrected chi connectivity index (χ4v) is 0.637. The summed E-state index contributed by atoms with van der Waals surface area (Å²) >= 11 is 4.68. The minimum absolute atomic E-state index is 0.215. The third kappa shape index (κ3) is 1.51. The molecular formula is C5H6FN3S. The molecule has 0 atom stereocenters. The van der Waals surface area contributed by atoms with Crippen molar-refractivity contribution in [2.75, 3.05) is 5.32 Å². The lowest BCUT2D eigenvalue weighted by Crippen LogP contribution is -2.04. The lowest BCUT2D eigenvalue weighted by molar-refractivity contribution is 0.633. The van der Waals surface area contributed by atoms with Gasteiger partial charge >= 0.3 is 0 Å². The van der Waals surface area contributed by atoms with Gasteiger partial charge in [-0.1, -0.05) is 12.2 Å². The molecule has 0 aromatic carbocycles. The molecule has 0 spiro atoms. The van der Waals surface area contributed by atoms with E-state index < -0.39 is 5.82 Å². The highest BCUT2D eigenvalue weighted by Gasteiger charge is 2.01. The minimum Gasteiger partial charge on any atom is -0.333 e. The first kappa shape index (κ1) is 7.14. The molecule has 0 unspecified atom stereocenters. The van der Waals surface area contributed by atoms with Gasteiger partial charge < -0.3 is 5.32 Å². The Kier molecular flexibility index (Phi) is 1.96. The molecule has 0 aliphatic heterocycles. The van der Waals surface area contributed by atoms with Gasteiger partial charge in [0.2, 0.25) is 0 Å². The van der Waals surface area contributed by atoms with Gasteiger partial charge in [0, 0.05) is 0 Å². The smallest absolute Gasteiger partial charge is 0.185 e. The zero-order chi connectivity index (χ0) is 7.56. The van der Waals surface area contributed by atoms with E-state index in [1.165, 1.54) is 0 Å². The van der Waals surface area contributed by atoms with E-state index in [1.54, 1.807) is 6.92 Å². The summed E-state index contributed by atoms with van der Waals surface area (Å²) in [6.45, 7) is 1.66. The second-order valence-electron chi connectivity index (χ2n) is 1.77. The number of nitrogens with zero attached hydrogens (tertiary/aromatic N) is 1. The molecule has 0 saturated carbocycles. The van der Waals surface area contributed by atoms with E-state index in [9.17, 15) is 4.39 Å². The van der Waals surface area contributed by atoms with Crippen LogP contribution in [0.1, 0.15) is 6.92 Å². The van der Waals surface area contributed by atoms with Crippen molar-refractivity contribution in [2.45, 2.75) is 6.92 Å². The van der Waals surface area contributed by atoms with Crippen LogP contribution in [0.25, 0.3) is 0 Å². The Bertz CT molecular complexity index is 245. The third-order valence-corrected chi connectivity index (χ3v) is 0.996. The van der Waals surface area contributed by atoms with Crippen LogP contribution < -0.4 is 5.32 Å². The molecule has 0 amide bonds. The van der Waals surface area contributed by atoms with Gasteiger partial charge in [-0.25, -0.2) is 4.39 Å². The van der Waals surface area contributed by atoms with Crippen molar-refractivity contribution >= 4 is 23.0 Å². The van der Waals surface area contributed by atoms with Gasteiger partial charge in [0.15, 0.2) is 11.6 Å². The van der Waals surface area contributed by atoms with Crippen molar-refractivity contribution in [3.05, 3.63) is 12.0 Å². The largest absolute Gasteiger partial charge is 0.333 e. The van der Waals surface area contributed by atoms with Gasteiger partial charge in [-0.05, 0) is 6.92 Å². The number of halogens is 1. The molecule has 0 saturated heterocycles. The molecule has 2 N–H and O–H groups in total. The van der Waals surface area contributed by atoms with Gasteiger partial charge in [-0.15, -0.1) is 0 Å². The number of nitrogens with one attached hydrogen (secondary N) is 2. The number of aromatic amines is 1. The predicted octanol–water partition coefficient (Wildman–Crippen LogP) is 1.31. The summed E-state index contributed by atoms with van der Waals surface area (Å²) in [6.07, 6.45) is 1.08. The van der Waals surface area contributed by atoms with Gasteiger partial charge in [-0.2, -0.15) is 5.10 Å². The maximum absolute atomic E-state index is 12.5. The number of hydrogen-bond acceptors (Lipinski definition) is 2. The first-order valence-corrected chi connectivity index (χ1v) is 3.07. The fraction of sp³-hybridized carbons (Fsp3) is 0.200. The maximum atomic E-state index is 12.5. The van der Waals surface area contributed by atoms with Crippen molar-refractivity contribution in [3.63, 3.8) is 0 Å². The monoisotopic (exact) mass is 159 g/mol. The van der Waals surface area contributed by atoms with E-state index in [1.807, 2.05) is 0 Å². The normalized spacial score (nSPS) is 9.40. The average Bonchev–Trinajstić information content (AvgIpc) is 2.15. The fourth-order valence-electron chi connectivity index (χ4n) is 0.535. The van der Waals surface area contributed by atoms with E-state index in [-0.39, 0.29) is 5.82 Å². The van der Waals surface area contributed by atoms with Crippen LogP contribution in [0.15, 0.2) is 6.20 Å². The van der Waals surface area contributed by atoms with Crippen molar-refractivity contribution in [1.82, 2.24) is 10.2 Å². The molecule has 1 heterocycles. The van der Waals surface area contributed by atoms with Crippen molar-refractivity contribution < 1.29 is 4.39 Å². The van der Waals surface area contributed by atoms with E-state index in [2.05, 4.69) is 27.7 Å². The molecule has 0 fully saturated rings. The van der Waals surface area contributed by atoms with Gasteiger partial charge in [0.05, 0.1) is 11.2 Å². The molecular weight excluding hydrogens is 153 g/mol. The number of hydrogen-bond donors (Lipinski definition) is 2. The minimum atomic E-state index is -0.427. The molecule has 1 aromatic heterocycles. The van der Waals surface area contributed by atoms with Gasteiger partial charge in [0.1, 0.15) is 0 Å². The molecule has 0 aliphatic rings. The van der Waals surface area contributed by atoms with Crippen LogP contribution >= 0.6 is 12.2 Å². The Hall–Kier alpha value is -0.970. The highest BCUT2D eigenvalue weighted by Crippen LogP contribution is 2.06. The molecule has 10 heavy (non-hydrogen) atoms. The van der Waals surface area contributed by atoms with E-state index >= 15 is 0 Å². The van der Waals surface area contributed by atoms with Crippen molar-refractivity contribution in [3.8, 4) is 0 Å². The summed E-state index contributed by atoms with van der Waals surface area (Å²) in [5.74, 6) is -0.211. The Morgan fingerprint density at radius 3 is 3.00 bits per heavy atom. The summed E-state index contributed by atoms with van der Waals surface area (Å²) in [4.78, 5) is 0.503. The first-order chi connectivity index (χ1) is 4.70. The summed E-state index contributed by atoms with van der Waals surface area (Å²) in [5, 5.41) is 8.46. The van der Waals surface area contributed by atoms with Crippen LogP contribution in [-0.4, -0.2) is 15.2 Å².